The SMILES string of the molecule is CC(NCCc1ccc(O)cc1)c1ccc(N(C)C)cc1. The molecule has 0 aliphatic heterocycles. The van der Waals surface area contributed by atoms with Crippen LogP contribution in [0.25, 0.3) is 0 Å². The molecule has 1 atom stereocenters. The normalized spacial score (nSPS) is 12.1. The zero-order valence-corrected chi connectivity index (χ0v) is 13.0. The van der Waals surface area contributed by atoms with Gasteiger partial charge < -0.3 is 15.3 Å². The van der Waals surface area contributed by atoms with Gasteiger partial charge in [0.2, 0.25) is 0 Å². The molecule has 2 aromatic rings. The van der Waals surface area contributed by atoms with Crippen molar-refractivity contribution in [1.82, 2.24) is 5.32 Å². The lowest BCUT2D eigenvalue weighted by Gasteiger charge is -2.17. The van der Waals surface area contributed by atoms with E-state index in [9.17, 15) is 5.11 Å². The van der Waals surface area contributed by atoms with Gasteiger partial charge in [-0.05, 0) is 55.3 Å². The minimum absolute atomic E-state index is 0.320. The van der Waals surface area contributed by atoms with Crippen molar-refractivity contribution in [2.75, 3.05) is 25.5 Å². The molecule has 0 heterocycles. The van der Waals surface area contributed by atoms with Crippen molar-refractivity contribution in [3.8, 4) is 5.75 Å². The summed E-state index contributed by atoms with van der Waals surface area (Å²) >= 11 is 0. The number of hydrogen-bond donors (Lipinski definition) is 2. The third-order valence-electron chi connectivity index (χ3n) is 3.71. The minimum Gasteiger partial charge on any atom is -0.508 e. The van der Waals surface area contributed by atoms with Gasteiger partial charge >= 0.3 is 0 Å². The Morgan fingerprint density at radius 2 is 1.62 bits per heavy atom. The number of benzene rings is 2. The number of anilines is 1. The van der Waals surface area contributed by atoms with Crippen LogP contribution in [-0.4, -0.2) is 25.7 Å². The first-order valence-corrected chi connectivity index (χ1v) is 7.35. The van der Waals surface area contributed by atoms with Crippen molar-refractivity contribution in [3.63, 3.8) is 0 Å². The summed E-state index contributed by atoms with van der Waals surface area (Å²) in [6.07, 6.45) is 0.959. The van der Waals surface area contributed by atoms with Crippen LogP contribution in [-0.2, 0) is 6.42 Å². The lowest BCUT2D eigenvalue weighted by Crippen LogP contribution is -2.21. The average molecular weight is 284 g/mol. The van der Waals surface area contributed by atoms with Crippen molar-refractivity contribution in [2.45, 2.75) is 19.4 Å². The van der Waals surface area contributed by atoms with E-state index >= 15 is 0 Å². The van der Waals surface area contributed by atoms with E-state index < -0.39 is 0 Å². The lowest BCUT2D eigenvalue weighted by molar-refractivity contribution is 0.475. The maximum absolute atomic E-state index is 9.26. The maximum atomic E-state index is 9.26. The molecular weight excluding hydrogens is 260 g/mol. The number of nitrogens with one attached hydrogen (secondary N) is 1. The van der Waals surface area contributed by atoms with Gasteiger partial charge in [0.15, 0.2) is 0 Å². The van der Waals surface area contributed by atoms with E-state index in [1.807, 2.05) is 26.2 Å². The molecule has 0 bridgehead atoms. The van der Waals surface area contributed by atoms with E-state index in [1.54, 1.807) is 12.1 Å². The van der Waals surface area contributed by atoms with E-state index in [4.69, 9.17) is 0 Å². The second-order valence-electron chi connectivity index (χ2n) is 5.58. The molecule has 0 aliphatic rings. The zero-order chi connectivity index (χ0) is 15.2. The molecule has 0 aliphatic carbocycles. The minimum atomic E-state index is 0.320. The summed E-state index contributed by atoms with van der Waals surface area (Å²) in [5, 5.41) is 12.8. The summed E-state index contributed by atoms with van der Waals surface area (Å²) in [5.41, 5.74) is 3.75. The Bertz CT molecular complexity index is 546. The first-order chi connectivity index (χ1) is 10.1. The van der Waals surface area contributed by atoms with Crippen LogP contribution in [0.15, 0.2) is 48.5 Å². The number of rotatable bonds is 6. The quantitative estimate of drug-likeness (QED) is 0.854. The van der Waals surface area contributed by atoms with Gasteiger partial charge in [-0.15, -0.1) is 0 Å². The fourth-order valence-electron chi connectivity index (χ4n) is 2.27. The number of hydrogen-bond acceptors (Lipinski definition) is 3. The molecule has 0 saturated heterocycles. The summed E-state index contributed by atoms with van der Waals surface area (Å²) in [6, 6.07) is 16.4. The third kappa shape index (κ3) is 4.50. The highest BCUT2D eigenvalue weighted by molar-refractivity contribution is 5.46. The van der Waals surface area contributed by atoms with Gasteiger partial charge in [-0.3, -0.25) is 0 Å². The average Bonchev–Trinajstić information content (AvgIpc) is 2.49. The van der Waals surface area contributed by atoms with Crippen LogP contribution in [0.4, 0.5) is 5.69 Å². The van der Waals surface area contributed by atoms with Gasteiger partial charge in [-0.2, -0.15) is 0 Å². The van der Waals surface area contributed by atoms with Gasteiger partial charge in [-0.25, -0.2) is 0 Å². The Balaban J connectivity index is 1.83. The molecule has 0 saturated carbocycles. The third-order valence-corrected chi connectivity index (χ3v) is 3.71. The summed E-state index contributed by atoms with van der Waals surface area (Å²) in [4.78, 5) is 2.10. The summed E-state index contributed by atoms with van der Waals surface area (Å²) < 4.78 is 0. The van der Waals surface area contributed by atoms with Crippen LogP contribution in [0.1, 0.15) is 24.1 Å². The van der Waals surface area contributed by atoms with Crippen LogP contribution in [0.2, 0.25) is 0 Å². The number of phenolic OH excluding ortho intramolecular Hbond substituents is 1. The molecule has 0 spiro atoms. The highest BCUT2D eigenvalue weighted by Crippen LogP contribution is 2.17. The van der Waals surface area contributed by atoms with Crippen LogP contribution < -0.4 is 10.2 Å². The highest BCUT2D eigenvalue weighted by atomic mass is 16.3. The van der Waals surface area contributed by atoms with Crippen LogP contribution >= 0.6 is 0 Å². The van der Waals surface area contributed by atoms with Gasteiger partial charge in [-0.1, -0.05) is 24.3 Å². The zero-order valence-electron chi connectivity index (χ0n) is 13.0. The monoisotopic (exact) mass is 284 g/mol. The molecule has 0 aromatic heterocycles. The second kappa shape index (κ2) is 7.14. The number of phenols is 1. The standard InChI is InChI=1S/C18H24N2O/c1-14(16-6-8-17(9-7-16)20(2)3)19-13-12-15-4-10-18(21)11-5-15/h4-11,14,19,21H,12-13H2,1-3H3. The second-order valence-corrected chi connectivity index (χ2v) is 5.58. The first-order valence-electron chi connectivity index (χ1n) is 7.35. The largest absolute Gasteiger partial charge is 0.508 e. The molecular formula is C18H24N2O. The van der Waals surface area contributed by atoms with Crippen molar-refractivity contribution in [2.24, 2.45) is 0 Å². The molecule has 1 unspecified atom stereocenters. The van der Waals surface area contributed by atoms with E-state index in [0.717, 1.165) is 13.0 Å². The molecule has 2 aromatic carbocycles. The Labute approximate surface area is 127 Å². The van der Waals surface area contributed by atoms with E-state index in [1.165, 1.54) is 16.8 Å². The van der Waals surface area contributed by atoms with Gasteiger partial charge in [0.1, 0.15) is 5.75 Å². The Kier molecular flexibility index (Phi) is 5.23. The molecule has 21 heavy (non-hydrogen) atoms. The molecule has 112 valence electrons. The van der Waals surface area contributed by atoms with Crippen LogP contribution in [0.3, 0.4) is 0 Å². The van der Waals surface area contributed by atoms with Crippen LogP contribution in [0.5, 0.6) is 5.75 Å². The lowest BCUT2D eigenvalue weighted by atomic mass is 10.1. The van der Waals surface area contributed by atoms with Crippen molar-refractivity contribution in [1.29, 1.82) is 0 Å². The molecule has 2 N–H and O–H groups in total. The molecule has 2 rings (SSSR count). The predicted molar refractivity (Wildman–Crippen MR) is 89.0 cm³/mol. The smallest absolute Gasteiger partial charge is 0.115 e. The molecule has 0 radical (unpaired) electrons. The van der Waals surface area contributed by atoms with Gasteiger partial charge in [0.25, 0.3) is 0 Å². The van der Waals surface area contributed by atoms with E-state index in [0.29, 0.717) is 11.8 Å². The highest BCUT2D eigenvalue weighted by Gasteiger charge is 2.05. The molecule has 3 nitrogen and oxygen atoms in total. The number of aromatic hydroxyl groups is 1. The van der Waals surface area contributed by atoms with Crippen molar-refractivity contribution in [3.05, 3.63) is 59.7 Å². The Morgan fingerprint density at radius 3 is 2.19 bits per heavy atom. The predicted octanol–water partition coefficient (Wildman–Crippen LogP) is 3.35. The number of nitrogens with zero attached hydrogens (tertiary/aromatic N) is 1. The molecule has 3 heteroatoms. The first kappa shape index (κ1) is 15.4. The van der Waals surface area contributed by atoms with Gasteiger partial charge in [0, 0.05) is 25.8 Å². The summed E-state index contributed by atoms with van der Waals surface area (Å²) in [6.45, 7) is 3.10. The summed E-state index contributed by atoms with van der Waals surface area (Å²) in [7, 11) is 4.10. The summed E-state index contributed by atoms with van der Waals surface area (Å²) in [5.74, 6) is 0.320. The van der Waals surface area contributed by atoms with E-state index in [2.05, 4.69) is 41.4 Å². The van der Waals surface area contributed by atoms with Crippen molar-refractivity contribution >= 4 is 5.69 Å². The Hall–Kier alpha value is -2.00. The van der Waals surface area contributed by atoms with Gasteiger partial charge in [0.05, 0.1) is 0 Å². The fourth-order valence-corrected chi connectivity index (χ4v) is 2.27. The van der Waals surface area contributed by atoms with Crippen molar-refractivity contribution < 1.29 is 5.11 Å². The fraction of sp³-hybridized carbons (Fsp3) is 0.333. The van der Waals surface area contributed by atoms with E-state index in [-0.39, 0.29) is 0 Å². The molecule has 0 fully saturated rings. The topological polar surface area (TPSA) is 35.5 Å². The Morgan fingerprint density at radius 1 is 1.00 bits per heavy atom. The van der Waals surface area contributed by atoms with Crippen LogP contribution in [0, 0.1) is 0 Å². The molecule has 0 amide bonds. The maximum Gasteiger partial charge on any atom is 0.115 e.